The zero-order valence-corrected chi connectivity index (χ0v) is 14.5. The van der Waals surface area contributed by atoms with Gasteiger partial charge in [-0.2, -0.15) is 0 Å². The normalized spacial score (nSPS) is 10.9. The lowest BCUT2D eigenvalue weighted by Gasteiger charge is -2.05. The number of hydrogen-bond acceptors (Lipinski definition) is 5. The number of benzene rings is 1. The summed E-state index contributed by atoms with van der Waals surface area (Å²) in [6, 6.07) is 7.64. The molecule has 0 fully saturated rings. The van der Waals surface area contributed by atoms with E-state index in [0.717, 1.165) is 10.6 Å². The van der Waals surface area contributed by atoms with Crippen LogP contribution in [0.4, 0.5) is 5.69 Å². The average molecular weight is 345 g/mol. The summed E-state index contributed by atoms with van der Waals surface area (Å²) in [5, 5.41) is 3.39. The van der Waals surface area contributed by atoms with Crippen LogP contribution in [0.25, 0.3) is 10.2 Å². The largest absolute Gasteiger partial charge is 0.321 e. The van der Waals surface area contributed by atoms with Crippen LogP contribution >= 0.6 is 23.1 Å². The summed E-state index contributed by atoms with van der Waals surface area (Å²) in [5.74, 6) is -0.218. The van der Waals surface area contributed by atoms with E-state index in [1.165, 1.54) is 22.2 Å². The molecule has 3 aromatic rings. The number of aryl methyl sites for hydroxylation is 2. The molecule has 2 aromatic heterocycles. The molecule has 0 bridgehead atoms. The summed E-state index contributed by atoms with van der Waals surface area (Å²) in [7, 11) is 1.65. The van der Waals surface area contributed by atoms with Gasteiger partial charge in [0.15, 0.2) is 0 Å². The van der Waals surface area contributed by atoms with E-state index in [0.29, 0.717) is 20.7 Å². The lowest BCUT2D eigenvalue weighted by atomic mass is 10.2. The molecule has 1 amide bonds. The van der Waals surface area contributed by atoms with Gasteiger partial charge in [0, 0.05) is 17.6 Å². The molecule has 0 aliphatic rings. The van der Waals surface area contributed by atoms with E-state index in [1.54, 1.807) is 25.7 Å². The molecule has 3 rings (SSSR count). The predicted octanol–water partition coefficient (Wildman–Crippen LogP) is 3.28. The third-order valence-electron chi connectivity index (χ3n) is 3.56. The minimum atomic E-state index is -0.218. The summed E-state index contributed by atoms with van der Waals surface area (Å²) in [4.78, 5) is 31.2. The maximum absolute atomic E-state index is 12.5. The van der Waals surface area contributed by atoms with Gasteiger partial charge in [-0.05, 0) is 43.0 Å². The quantitative estimate of drug-likeness (QED) is 0.740. The van der Waals surface area contributed by atoms with E-state index in [1.807, 2.05) is 30.5 Å². The first kappa shape index (κ1) is 15.8. The summed E-state index contributed by atoms with van der Waals surface area (Å²) >= 11 is 2.89. The number of carbonyl (C=O) groups excluding carboxylic acids is 1. The molecule has 23 heavy (non-hydrogen) atoms. The summed E-state index contributed by atoms with van der Waals surface area (Å²) in [6.07, 6.45) is 3.48. The van der Waals surface area contributed by atoms with Crippen molar-refractivity contribution < 1.29 is 4.79 Å². The third kappa shape index (κ3) is 2.89. The lowest BCUT2D eigenvalue weighted by molar-refractivity contribution is 0.103. The highest BCUT2D eigenvalue weighted by molar-refractivity contribution is 7.98. The molecule has 118 valence electrons. The van der Waals surface area contributed by atoms with Crippen molar-refractivity contribution in [2.45, 2.75) is 11.8 Å². The number of rotatable bonds is 3. The smallest absolute Gasteiger partial charge is 0.266 e. The Morgan fingerprint density at radius 2 is 2.00 bits per heavy atom. The predicted molar refractivity (Wildman–Crippen MR) is 95.8 cm³/mol. The van der Waals surface area contributed by atoms with Crippen molar-refractivity contribution in [1.29, 1.82) is 0 Å². The third-order valence-corrected chi connectivity index (χ3v) is 5.51. The van der Waals surface area contributed by atoms with Crippen LogP contribution in [0, 0.1) is 6.92 Å². The van der Waals surface area contributed by atoms with Crippen molar-refractivity contribution >= 4 is 44.9 Å². The number of fused-ring (bicyclic) bond motifs is 1. The summed E-state index contributed by atoms with van der Waals surface area (Å²) in [5.41, 5.74) is 1.27. The molecular formula is C16H15N3O2S2. The molecule has 0 radical (unpaired) electrons. The Bertz CT molecular complexity index is 942. The Labute approximate surface area is 141 Å². The van der Waals surface area contributed by atoms with Gasteiger partial charge >= 0.3 is 0 Å². The molecule has 1 aromatic carbocycles. The van der Waals surface area contributed by atoms with Crippen LogP contribution in [0.2, 0.25) is 0 Å². The zero-order valence-electron chi connectivity index (χ0n) is 12.9. The number of anilines is 1. The number of carbonyl (C=O) groups is 1. The van der Waals surface area contributed by atoms with Gasteiger partial charge in [-0.1, -0.05) is 0 Å². The van der Waals surface area contributed by atoms with E-state index in [2.05, 4.69) is 10.3 Å². The van der Waals surface area contributed by atoms with Crippen LogP contribution in [-0.4, -0.2) is 21.7 Å². The second-order valence-corrected chi connectivity index (χ2v) is 6.96. The number of nitrogens with zero attached hydrogens (tertiary/aromatic N) is 2. The molecule has 7 heteroatoms. The van der Waals surface area contributed by atoms with Crippen molar-refractivity contribution in [2.75, 3.05) is 11.6 Å². The number of thioether (sulfide) groups is 1. The summed E-state index contributed by atoms with van der Waals surface area (Å²) in [6.45, 7) is 1.79. The Morgan fingerprint density at radius 3 is 2.65 bits per heavy atom. The average Bonchev–Trinajstić information content (AvgIpc) is 2.89. The number of aromatic nitrogens is 2. The molecule has 5 nitrogen and oxygen atoms in total. The van der Waals surface area contributed by atoms with Crippen molar-refractivity contribution in [3.8, 4) is 0 Å². The fourth-order valence-electron chi connectivity index (χ4n) is 2.29. The highest BCUT2D eigenvalue weighted by Crippen LogP contribution is 2.27. The topological polar surface area (TPSA) is 64.0 Å². The SMILES string of the molecule is CSc1ccc(NC(=O)c2sc3ncn(C)c(=O)c3c2C)cc1. The van der Waals surface area contributed by atoms with Gasteiger partial charge in [0.25, 0.3) is 11.5 Å². The Kier molecular flexibility index (Phi) is 4.23. The standard InChI is InChI=1S/C16H15N3O2S2/c1-9-12-15(17-8-19(2)16(12)21)23-13(9)14(20)18-10-4-6-11(22-3)7-5-10/h4-8H,1-3H3,(H,18,20). The van der Waals surface area contributed by atoms with Gasteiger partial charge in [-0.3, -0.25) is 9.59 Å². The number of hydrogen-bond donors (Lipinski definition) is 1. The molecule has 0 saturated carbocycles. The van der Waals surface area contributed by atoms with Crippen molar-refractivity contribution in [3.05, 3.63) is 51.4 Å². The van der Waals surface area contributed by atoms with Gasteiger partial charge in [0.1, 0.15) is 4.83 Å². The number of amides is 1. The summed E-state index contributed by atoms with van der Waals surface area (Å²) < 4.78 is 1.42. The number of thiophene rings is 1. The zero-order chi connectivity index (χ0) is 16.6. The highest BCUT2D eigenvalue weighted by Gasteiger charge is 2.19. The molecule has 0 aliphatic heterocycles. The maximum Gasteiger partial charge on any atom is 0.266 e. The number of nitrogens with one attached hydrogen (secondary N) is 1. The molecule has 0 saturated heterocycles. The molecule has 0 spiro atoms. The van der Waals surface area contributed by atoms with Crippen molar-refractivity contribution in [3.63, 3.8) is 0 Å². The van der Waals surface area contributed by atoms with Gasteiger partial charge < -0.3 is 9.88 Å². The first-order chi connectivity index (χ1) is 11.0. The van der Waals surface area contributed by atoms with Crippen LogP contribution in [0.15, 0.2) is 40.3 Å². The fourth-order valence-corrected chi connectivity index (χ4v) is 3.73. The second-order valence-electron chi connectivity index (χ2n) is 5.08. The van der Waals surface area contributed by atoms with E-state index < -0.39 is 0 Å². The molecule has 0 aliphatic carbocycles. The minimum absolute atomic E-state index is 0.132. The Hall–Kier alpha value is -2.12. The van der Waals surface area contributed by atoms with Crippen LogP contribution in [0.5, 0.6) is 0 Å². The van der Waals surface area contributed by atoms with Gasteiger partial charge in [-0.15, -0.1) is 23.1 Å². The monoisotopic (exact) mass is 345 g/mol. The Morgan fingerprint density at radius 1 is 1.30 bits per heavy atom. The highest BCUT2D eigenvalue weighted by atomic mass is 32.2. The maximum atomic E-state index is 12.5. The van der Waals surface area contributed by atoms with Gasteiger partial charge in [0.2, 0.25) is 0 Å². The first-order valence-corrected chi connectivity index (χ1v) is 8.95. The van der Waals surface area contributed by atoms with Crippen LogP contribution in [-0.2, 0) is 7.05 Å². The second kappa shape index (κ2) is 6.17. The lowest BCUT2D eigenvalue weighted by Crippen LogP contribution is -2.17. The molecular weight excluding hydrogens is 330 g/mol. The van der Waals surface area contributed by atoms with Crippen molar-refractivity contribution in [1.82, 2.24) is 9.55 Å². The molecule has 0 unspecified atom stereocenters. The van der Waals surface area contributed by atoms with E-state index in [4.69, 9.17) is 0 Å². The molecule has 2 heterocycles. The van der Waals surface area contributed by atoms with Crippen LogP contribution in [0.1, 0.15) is 15.2 Å². The fraction of sp³-hybridized carbons (Fsp3) is 0.188. The van der Waals surface area contributed by atoms with Crippen LogP contribution in [0.3, 0.4) is 0 Å². The first-order valence-electron chi connectivity index (χ1n) is 6.91. The van der Waals surface area contributed by atoms with Gasteiger partial charge in [-0.25, -0.2) is 4.98 Å². The van der Waals surface area contributed by atoms with E-state index in [9.17, 15) is 9.59 Å². The molecule has 1 N–H and O–H groups in total. The van der Waals surface area contributed by atoms with E-state index in [-0.39, 0.29) is 11.5 Å². The van der Waals surface area contributed by atoms with Gasteiger partial charge in [0.05, 0.1) is 16.6 Å². The molecule has 0 atom stereocenters. The minimum Gasteiger partial charge on any atom is -0.321 e. The van der Waals surface area contributed by atoms with Crippen LogP contribution < -0.4 is 10.9 Å². The van der Waals surface area contributed by atoms with E-state index >= 15 is 0 Å². The Balaban J connectivity index is 1.96. The van der Waals surface area contributed by atoms with Crippen molar-refractivity contribution in [2.24, 2.45) is 7.05 Å².